The van der Waals surface area contributed by atoms with Crippen LogP contribution in [0.15, 0.2) is 23.3 Å². The van der Waals surface area contributed by atoms with Crippen LogP contribution in [0.3, 0.4) is 0 Å². The molecule has 2 heterocycles. The number of rotatable bonds is 6. The normalized spacial score (nSPS) is 16.1. The van der Waals surface area contributed by atoms with Crippen molar-refractivity contribution in [2.24, 2.45) is 4.99 Å². The van der Waals surface area contributed by atoms with E-state index in [0.29, 0.717) is 12.5 Å². The number of hydrogen-bond donors (Lipinski definition) is 2. The highest BCUT2D eigenvalue weighted by Gasteiger charge is 2.28. The van der Waals surface area contributed by atoms with Crippen LogP contribution in [-0.4, -0.2) is 74.9 Å². The molecule has 0 radical (unpaired) electrons. The first-order valence-corrected chi connectivity index (χ1v) is 9.17. The fourth-order valence-corrected chi connectivity index (χ4v) is 3.04. The Kier molecular flexibility index (Phi) is 10.3. The second-order valence-electron chi connectivity index (χ2n) is 6.95. The summed E-state index contributed by atoms with van der Waals surface area (Å²) in [6, 6.07) is 4.39. The maximum Gasteiger partial charge on any atom is 0.401 e. The molecular formula is C18H30F3IN6. The summed E-state index contributed by atoms with van der Waals surface area (Å²) < 4.78 is 37.0. The third-order valence-corrected chi connectivity index (χ3v) is 4.51. The lowest BCUT2D eigenvalue weighted by molar-refractivity contribution is -0.142. The van der Waals surface area contributed by atoms with Gasteiger partial charge in [-0.05, 0) is 38.4 Å². The van der Waals surface area contributed by atoms with E-state index in [0.717, 1.165) is 37.3 Å². The predicted octanol–water partition coefficient (Wildman–Crippen LogP) is 2.64. The van der Waals surface area contributed by atoms with E-state index in [1.807, 2.05) is 19.2 Å². The molecule has 1 aliphatic rings. The number of alkyl halides is 3. The average Bonchev–Trinajstić information content (AvgIpc) is 2.60. The van der Waals surface area contributed by atoms with Crippen molar-refractivity contribution in [2.45, 2.75) is 32.0 Å². The Morgan fingerprint density at radius 2 is 2.00 bits per heavy atom. The van der Waals surface area contributed by atoms with Gasteiger partial charge in [0.15, 0.2) is 5.96 Å². The molecule has 0 spiro atoms. The molecule has 1 fully saturated rings. The highest BCUT2D eigenvalue weighted by molar-refractivity contribution is 14.0. The van der Waals surface area contributed by atoms with Gasteiger partial charge < -0.3 is 15.5 Å². The molecule has 0 atom stereocenters. The van der Waals surface area contributed by atoms with Gasteiger partial charge in [-0.2, -0.15) is 13.2 Å². The zero-order valence-electron chi connectivity index (χ0n) is 16.6. The number of anilines is 1. The number of guanidine groups is 1. The third kappa shape index (κ3) is 8.80. The van der Waals surface area contributed by atoms with Gasteiger partial charge in [-0.15, -0.1) is 24.0 Å². The zero-order chi connectivity index (χ0) is 19.9. The zero-order valence-corrected chi connectivity index (χ0v) is 18.9. The summed E-state index contributed by atoms with van der Waals surface area (Å²) in [7, 11) is 3.13. The molecule has 1 aromatic heterocycles. The number of halogens is 4. The summed E-state index contributed by atoms with van der Waals surface area (Å²) in [4.78, 5) is 12.1. The lowest BCUT2D eigenvalue weighted by Crippen LogP contribution is -2.50. The molecule has 1 aliphatic heterocycles. The fourth-order valence-electron chi connectivity index (χ4n) is 3.04. The Labute approximate surface area is 182 Å². The summed E-state index contributed by atoms with van der Waals surface area (Å²) in [5, 5.41) is 6.45. The van der Waals surface area contributed by atoms with Gasteiger partial charge in [-0.25, -0.2) is 4.98 Å². The second-order valence-corrected chi connectivity index (χ2v) is 6.95. The number of hydrogen-bond acceptors (Lipinski definition) is 4. The van der Waals surface area contributed by atoms with Crippen LogP contribution in [0.25, 0.3) is 0 Å². The molecule has 2 N–H and O–H groups in total. The van der Waals surface area contributed by atoms with Crippen LogP contribution >= 0.6 is 24.0 Å². The molecule has 28 heavy (non-hydrogen) atoms. The molecule has 0 aliphatic carbocycles. The van der Waals surface area contributed by atoms with Crippen molar-refractivity contribution in [1.82, 2.24) is 20.5 Å². The third-order valence-electron chi connectivity index (χ3n) is 4.51. The van der Waals surface area contributed by atoms with E-state index in [-0.39, 0.29) is 36.6 Å². The van der Waals surface area contributed by atoms with Crippen molar-refractivity contribution in [1.29, 1.82) is 0 Å². The first kappa shape index (κ1) is 24.7. The number of nitrogens with one attached hydrogen (secondary N) is 2. The minimum atomic E-state index is -4.17. The average molecular weight is 514 g/mol. The quantitative estimate of drug-likeness (QED) is 0.348. The van der Waals surface area contributed by atoms with Crippen molar-refractivity contribution in [2.75, 3.05) is 51.7 Å². The molecule has 1 saturated heterocycles. The van der Waals surface area contributed by atoms with Crippen molar-refractivity contribution >= 4 is 35.8 Å². The van der Waals surface area contributed by atoms with Crippen molar-refractivity contribution in [3.05, 3.63) is 23.9 Å². The number of likely N-dealkylation sites (N-methyl/N-ethyl adjacent to an activating group) is 1. The molecule has 10 heteroatoms. The van der Waals surface area contributed by atoms with Gasteiger partial charge in [0.1, 0.15) is 5.82 Å². The van der Waals surface area contributed by atoms with E-state index in [9.17, 15) is 13.2 Å². The fraction of sp³-hybridized carbons (Fsp3) is 0.667. The number of aliphatic imine (C=N–C) groups is 1. The molecule has 160 valence electrons. The predicted molar refractivity (Wildman–Crippen MR) is 118 cm³/mol. The van der Waals surface area contributed by atoms with Crippen molar-refractivity contribution in [3.63, 3.8) is 0 Å². The Morgan fingerprint density at radius 3 is 2.54 bits per heavy atom. The van der Waals surface area contributed by atoms with Crippen LogP contribution in [0.5, 0.6) is 0 Å². The lowest BCUT2D eigenvalue weighted by atomic mass is 10.1. The molecule has 0 aromatic carbocycles. The SMILES string of the molecule is CN=C(NCCN(C)CC(F)(F)F)NC1CCN(c2ccc(C)cn2)CC1.I. The van der Waals surface area contributed by atoms with Gasteiger partial charge in [0.25, 0.3) is 0 Å². The van der Waals surface area contributed by atoms with Gasteiger partial charge >= 0.3 is 6.18 Å². The van der Waals surface area contributed by atoms with E-state index < -0.39 is 12.7 Å². The molecule has 2 rings (SSSR count). The smallest absolute Gasteiger partial charge is 0.356 e. The number of aryl methyl sites for hydroxylation is 1. The Bertz CT molecular complexity index is 600. The number of pyridine rings is 1. The van der Waals surface area contributed by atoms with Crippen LogP contribution < -0.4 is 15.5 Å². The summed E-state index contributed by atoms with van der Waals surface area (Å²) in [5.74, 6) is 1.62. The van der Waals surface area contributed by atoms with Crippen molar-refractivity contribution < 1.29 is 13.2 Å². The standard InChI is InChI=1S/C18H29F3N6.HI/c1-14-4-5-16(24-12-14)27-9-6-15(7-10-27)25-17(22-2)23-8-11-26(3)13-18(19,20)21;/h4-5,12,15H,6-11,13H2,1-3H3,(H2,22,23,25);1H. The highest BCUT2D eigenvalue weighted by atomic mass is 127. The molecule has 0 bridgehead atoms. The Hall–Kier alpha value is -1.30. The summed E-state index contributed by atoms with van der Waals surface area (Å²) in [6.07, 6.45) is -0.398. The molecule has 1 aromatic rings. The second kappa shape index (κ2) is 11.6. The van der Waals surface area contributed by atoms with Crippen LogP contribution in [-0.2, 0) is 0 Å². The van der Waals surface area contributed by atoms with E-state index >= 15 is 0 Å². The first-order valence-electron chi connectivity index (χ1n) is 9.17. The van der Waals surface area contributed by atoms with Gasteiger partial charge in [0.2, 0.25) is 0 Å². The maximum absolute atomic E-state index is 12.3. The van der Waals surface area contributed by atoms with Crippen LogP contribution in [0.1, 0.15) is 18.4 Å². The van der Waals surface area contributed by atoms with Gasteiger partial charge in [-0.3, -0.25) is 9.89 Å². The number of piperidine rings is 1. The van der Waals surface area contributed by atoms with E-state index in [1.54, 1.807) is 7.05 Å². The summed E-state index contributed by atoms with van der Waals surface area (Å²) in [6.45, 7) is 3.60. The van der Waals surface area contributed by atoms with E-state index in [4.69, 9.17) is 0 Å². The molecule has 0 saturated carbocycles. The topological polar surface area (TPSA) is 55.8 Å². The van der Waals surface area contributed by atoms with Crippen molar-refractivity contribution in [3.8, 4) is 0 Å². The van der Waals surface area contributed by atoms with Gasteiger partial charge in [0.05, 0.1) is 6.54 Å². The highest BCUT2D eigenvalue weighted by Crippen LogP contribution is 2.18. The largest absolute Gasteiger partial charge is 0.401 e. The summed E-state index contributed by atoms with van der Waals surface area (Å²) >= 11 is 0. The van der Waals surface area contributed by atoms with Crippen LogP contribution in [0.2, 0.25) is 0 Å². The number of nitrogens with zero attached hydrogens (tertiary/aromatic N) is 4. The molecular weight excluding hydrogens is 484 g/mol. The number of aromatic nitrogens is 1. The maximum atomic E-state index is 12.3. The van der Waals surface area contributed by atoms with E-state index in [2.05, 4.69) is 31.6 Å². The Morgan fingerprint density at radius 1 is 1.32 bits per heavy atom. The summed E-state index contributed by atoms with van der Waals surface area (Å²) in [5.41, 5.74) is 1.14. The monoisotopic (exact) mass is 514 g/mol. The van der Waals surface area contributed by atoms with Crippen LogP contribution in [0, 0.1) is 6.92 Å². The molecule has 6 nitrogen and oxygen atoms in total. The van der Waals surface area contributed by atoms with Gasteiger partial charge in [0, 0.05) is 45.5 Å². The van der Waals surface area contributed by atoms with Crippen LogP contribution in [0.4, 0.5) is 19.0 Å². The minimum absolute atomic E-state index is 0. The first-order chi connectivity index (χ1) is 12.8. The van der Waals surface area contributed by atoms with Gasteiger partial charge in [-0.1, -0.05) is 6.07 Å². The molecule has 0 amide bonds. The Balaban J connectivity index is 0.00000392. The lowest BCUT2D eigenvalue weighted by Gasteiger charge is -2.34. The van der Waals surface area contributed by atoms with E-state index in [1.165, 1.54) is 11.9 Å². The molecule has 0 unspecified atom stereocenters. The minimum Gasteiger partial charge on any atom is -0.356 e.